The number of ether oxygens (including phenoxy) is 1. The van der Waals surface area contributed by atoms with Crippen LogP contribution >= 0.6 is 56.9 Å². The molecule has 6 nitrogen and oxygen atoms in total. The van der Waals surface area contributed by atoms with Gasteiger partial charge < -0.3 is 10.1 Å². The van der Waals surface area contributed by atoms with Gasteiger partial charge in [0.2, 0.25) is 5.91 Å². The molecule has 1 aliphatic heterocycles. The van der Waals surface area contributed by atoms with E-state index in [1.54, 1.807) is 6.08 Å². The number of amides is 3. The monoisotopic (exact) mass is 778 g/mol. The molecule has 3 aromatic carbocycles. The van der Waals surface area contributed by atoms with E-state index in [9.17, 15) is 27.6 Å². The summed E-state index contributed by atoms with van der Waals surface area (Å²) in [4.78, 5) is 38.6. The molecule has 12 heteroatoms. The zero-order valence-electron chi connectivity index (χ0n) is 20.1. The Hall–Kier alpha value is -2.59. The van der Waals surface area contributed by atoms with Crippen LogP contribution in [0.4, 0.5) is 23.7 Å². The van der Waals surface area contributed by atoms with E-state index in [2.05, 4.69) is 50.5 Å². The highest BCUT2D eigenvalue weighted by Gasteiger charge is 2.36. The van der Waals surface area contributed by atoms with Crippen molar-refractivity contribution in [3.05, 3.63) is 95.0 Å². The van der Waals surface area contributed by atoms with Crippen LogP contribution in [0.3, 0.4) is 0 Å². The average molecular weight is 778 g/mol. The lowest BCUT2D eigenvalue weighted by Gasteiger charge is -2.13. The molecule has 0 aliphatic carbocycles. The zero-order valence-corrected chi connectivity index (χ0v) is 25.3. The molecular weight excluding hydrogens is 759 g/mol. The van der Waals surface area contributed by atoms with E-state index in [1.165, 1.54) is 6.07 Å². The predicted octanol–water partition coefficient (Wildman–Crippen LogP) is 7.48. The van der Waals surface area contributed by atoms with Gasteiger partial charge >= 0.3 is 6.18 Å². The summed E-state index contributed by atoms with van der Waals surface area (Å²) < 4.78 is 46.4. The first-order valence-corrected chi connectivity index (χ1v) is 14.3. The summed E-state index contributed by atoms with van der Waals surface area (Å²) in [5.41, 5.74) is 1.84. The van der Waals surface area contributed by atoms with E-state index in [0.29, 0.717) is 29.7 Å². The number of carbonyl (C=O) groups excluding carboxylic acids is 3. The maximum Gasteiger partial charge on any atom is 0.416 e. The molecule has 1 heterocycles. The normalized spacial score (nSPS) is 14.7. The van der Waals surface area contributed by atoms with Crippen molar-refractivity contribution in [2.24, 2.45) is 0 Å². The van der Waals surface area contributed by atoms with Crippen LogP contribution in [0.15, 0.2) is 65.6 Å². The Kier molecular flexibility index (Phi) is 9.26. The number of rotatable bonds is 7. The van der Waals surface area contributed by atoms with Crippen LogP contribution in [-0.2, 0) is 22.4 Å². The van der Waals surface area contributed by atoms with Gasteiger partial charge in [0.25, 0.3) is 11.1 Å². The molecule has 39 heavy (non-hydrogen) atoms. The largest absolute Gasteiger partial charge is 0.487 e. The number of nitrogens with zero attached hydrogens (tertiary/aromatic N) is 1. The summed E-state index contributed by atoms with van der Waals surface area (Å²) >= 11 is 4.97. The number of halogens is 5. The van der Waals surface area contributed by atoms with Crippen molar-refractivity contribution in [1.82, 2.24) is 4.90 Å². The number of thioether (sulfide) groups is 1. The molecule has 0 spiro atoms. The molecule has 3 amide bonds. The highest BCUT2D eigenvalue weighted by molar-refractivity contribution is 14.1. The lowest BCUT2D eigenvalue weighted by Crippen LogP contribution is -2.36. The highest BCUT2D eigenvalue weighted by Crippen LogP contribution is 2.35. The van der Waals surface area contributed by atoms with Crippen LogP contribution in [0.1, 0.15) is 22.3 Å². The van der Waals surface area contributed by atoms with Gasteiger partial charge in [-0.15, -0.1) is 0 Å². The number of alkyl halides is 3. The van der Waals surface area contributed by atoms with Gasteiger partial charge in [-0.2, -0.15) is 13.2 Å². The minimum atomic E-state index is -4.57. The molecule has 0 aromatic heterocycles. The molecular formula is C27H19F3I2N2O4S. The van der Waals surface area contributed by atoms with Gasteiger partial charge in [-0.05, 0) is 111 Å². The van der Waals surface area contributed by atoms with E-state index < -0.39 is 35.3 Å². The van der Waals surface area contributed by atoms with Crippen LogP contribution in [0.5, 0.6) is 5.75 Å². The number of imide groups is 1. The first kappa shape index (κ1) is 29.4. The third kappa shape index (κ3) is 7.54. The second-order valence-corrected chi connectivity index (χ2v) is 11.8. The Labute approximate surface area is 253 Å². The fourth-order valence-electron chi connectivity index (χ4n) is 3.55. The standard InChI is InChI=1S/C27H19F3I2N2O4S/c1-15-5-7-16(8-6-15)14-38-24-20(31)9-17(10-21(24)32)11-22-25(36)34(26(37)39-22)13-23(35)33-19-4-2-3-18(12-19)27(28,29)30/h2-12H,13-14H2,1H3,(H,33,35)/b22-11-. The van der Waals surface area contributed by atoms with Gasteiger partial charge in [0.05, 0.1) is 17.6 Å². The average Bonchev–Trinajstić information content (AvgIpc) is 3.11. The van der Waals surface area contributed by atoms with Crippen LogP contribution in [0, 0.1) is 14.1 Å². The van der Waals surface area contributed by atoms with Crippen LogP contribution in [0.25, 0.3) is 6.08 Å². The van der Waals surface area contributed by atoms with Crippen molar-refractivity contribution in [3.8, 4) is 5.75 Å². The molecule has 1 saturated heterocycles. The number of nitrogens with one attached hydrogen (secondary N) is 1. The summed E-state index contributed by atoms with van der Waals surface area (Å²) in [7, 11) is 0. The molecule has 0 saturated carbocycles. The summed E-state index contributed by atoms with van der Waals surface area (Å²) in [5.74, 6) is -0.751. The fourth-order valence-corrected chi connectivity index (χ4v) is 6.51. The van der Waals surface area contributed by atoms with E-state index in [0.717, 1.165) is 41.4 Å². The minimum Gasteiger partial charge on any atom is -0.487 e. The number of hydrogen-bond acceptors (Lipinski definition) is 5. The lowest BCUT2D eigenvalue weighted by atomic mass is 10.1. The Bertz CT molecular complexity index is 1450. The van der Waals surface area contributed by atoms with Crippen molar-refractivity contribution in [3.63, 3.8) is 0 Å². The van der Waals surface area contributed by atoms with Crippen molar-refractivity contribution >= 4 is 85.8 Å². The van der Waals surface area contributed by atoms with E-state index >= 15 is 0 Å². The third-order valence-corrected chi connectivity index (χ3v) is 7.98. The van der Waals surface area contributed by atoms with Crippen molar-refractivity contribution < 1.29 is 32.3 Å². The first-order chi connectivity index (χ1) is 18.4. The maximum atomic E-state index is 12.9. The number of aryl methyl sites for hydroxylation is 1. The summed E-state index contributed by atoms with van der Waals surface area (Å²) in [6.45, 7) is 1.78. The molecule has 4 rings (SSSR count). The van der Waals surface area contributed by atoms with Crippen LogP contribution < -0.4 is 10.1 Å². The fraction of sp³-hybridized carbons (Fsp3) is 0.148. The van der Waals surface area contributed by atoms with Gasteiger partial charge in [0, 0.05) is 5.69 Å². The Morgan fingerprint density at radius 1 is 1.05 bits per heavy atom. The molecule has 1 aliphatic rings. The van der Waals surface area contributed by atoms with Crippen LogP contribution in [0.2, 0.25) is 0 Å². The molecule has 0 unspecified atom stereocenters. The van der Waals surface area contributed by atoms with Crippen molar-refractivity contribution in [2.45, 2.75) is 19.7 Å². The smallest absolute Gasteiger partial charge is 0.416 e. The maximum absolute atomic E-state index is 12.9. The number of carbonyl (C=O) groups is 3. The molecule has 1 N–H and O–H groups in total. The molecule has 0 atom stereocenters. The van der Waals surface area contributed by atoms with Gasteiger partial charge in [0.1, 0.15) is 18.9 Å². The number of anilines is 1. The quantitative estimate of drug-likeness (QED) is 0.199. The SMILES string of the molecule is Cc1ccc(COc2c(I)cc(/C=C3\SC(=O)N(CC(=O)Nc4cccc(C(F)(F)F)c4)C3=O)cc2I)cc1. The van der Waals surface area contributed by atoms with Gasteiger partial charge in [-0.25, -0.2) is 0 Å². The summed E-state index contributed by atoms with van der Waals surface area (Å²) in [6.07, 6.45) is -3.01. The first-order valence-electron chi connectivity index (χ1n) is 11.3. The topological polar surface area (TPSA) is 75.7 Å². The summed E-state index contributed by atoms with van der Waals surface area (Å²) in [5, 5.41) is 1.66. The molecule has 0 radical (unpaired) electrons. The lowest BCUT2D eigenvalue weighted by molar-refractivity contribution is -0.137. The second kappa shape index (κ2) is 12.3. The molecule has 3 aromatic rings. The summed E-state index contributed by atoms with van der Waals surface area (Å²) in [6, 6.07) is 15.8. The Morgan fingerprint density at radius 2 is 1.72 bits per heavy atom. The number of hydrogen-bond donors (Lipinski definition) is 1. The van der Waals surface area contributed by atoms with Gasteiger partial charge in [-0.1, -0.05) is 35.9 Å². The van der Waals surface area contributed by atoms with E-state index in [-0.39, 0.29) is 10.6 Å². The Morgan fingerprint density at radius 3 is 2.36 bits per heavy atom. The van der Waals surface area contributed by atoms with Crippen molar-refractivity contribution in [1.29, 1.82) is 0 Å². The van der Waals surface area contributed by atoms with E-state index in [1.807, 2.05) is 43.3 Å². The predicted molar refractivity (Wildman–Crippen MR) is 160 cm³/mol. The van der Waals surface area contributed by atoms with Crippen LogP contribution in [-0.4, -0.2) is 28.5 Å². The van der Waals surface area contributed by atoms with E-state index in [4.69, 9.17) is 4.74 Å². The molecule has 202 valence electrons. The van der Waals surface area contributed by atoms with Crippen molar-refractivity contribution in [2.75, 3.05) is 11.9 Å². The second-order valence-electron chi connectivity index (χ2n) is 8.48. The molecule has 0 bridgehead atoms. The number of benzene rings is 3. The highest BCUT2D eigenvalue weighted by atomic mass is 127. The van der Waals surface area contributed by atoms with Gasteiger partial charge in [-0.3, -0.25) is 19.3 Å². The Balaban J connectivity index is 1.42. The minimum absolute atomic E-state index is 0.0915. The molecule has 1 fully saturated rings. The zero-order chi connectivity index (χ0) is 28.3. The van der Waals surface area contributed by atoms with Gasteiger partial charge in [0.15, 0.2) is 0 Å². The third-order valence-electron chi connectivity index (χ3n) is 5.47.